The lowest BCUT2D eigenvalue weighted by Crippen LogP contribution is -2.55. The van der Waals surface area contributed by atoms with Gasteiger partial charge in [0.1, 0.15) is 0 Å². The maximum atomic E-state index is 12.5. The Morgan fingerprint density at radius 1 is 1.05 bits per heavy atom. The van der Waals surface area contributed by atoms with Crippen LogP contribution >= 0.6 is 0 Å². The van der Waals surface area contributed by atoms with E-state index in [0.29, 0.717) is 32.1 Å². The minimum Gasteiger partial charge on any atom is -0.339 e. The summed E-state index contributed by atoms with van der Waals surface area (Å²) in [6.07, 6.45) is 0. The number of carbonyl (C=O) groups is 2. The van der Waals surface area contributed by atoms with Gasteiger partial charge in [0, 0.05) is 45.8 Å². The number of nitrogens with one attached hydrogen (secondary N) is 1. The normalized spacial score (nSPS) is 26.0. The van der Waals surface area contributed by atoms with E-state index in [-0.39, 0.29) is 17.9 Å². The number of urea groups is 1. The van der Waals surface area contributed by atoms with Crippen molar-refractivity contribution in [1.29, 1.82) is 0 Å². The van der Waals surface area contributed by atoms with Gasteiger partial charge in [0.05, 0.1) is 5.92 Å². The van der Waals surface area contributed by atoms with Gasteiger partial charge in [-0.25, -0.2) is 4.79 Å². The third-order valence-electron chi connectivity index (χ3n) is 4.73. The number of rotatable bonds is 3. The van der Waals surface area contributed by atoms with Crippen molar-refractivity contribution >= 4 is 11.9 Å². The Balaban J connectivity index is 1.85. The van der Waals surface area contributed by atoms with E-state index in [1.165, 1.54) is 0 Å². The molecule has 0 saturated carbocycles. The van der Waals surface area contributed by atoms with Gasteiger partial charge in [-0.05, 0) is 26.3 Å². The second-order valence-corrected chi connectivity index (χ2v) is 6.01. The maximum Gasteiger partial charge on any atom is 0.320 e. The molecule has 2 fully saturated rings. The van der Waals surface area contributed by atoms with Crippen molar-refractivity contribution in [2.24, 2.45) is 11.8 Å². The summed E-state index contributed by atoms with van der Waals surface area (Å²) in [5.41, 5.74) is 0. The lowest BCUT2D eigenvalue weighted by molar-refractivity contribution is -0.137. The van der Waals surface area contributed by atoms with Crippen LogP contribution in [0, 0.1) is 11.8 Å². The van der Waals surface area contributed by atoms with E-state index >= 15 is 0 Å². The van der Waals surface area contributed by atoms with Crippen LogP contribution < -0.4 is 5.32 Å². The predicted octanol–water partition coefficient (Wildman–Crippen LogP) is 0.448. The first kappa shape index (κ1) is 16.1. The third kappa shape index (κ3) is 3.48. The monoisotopic (exact) mass is 296 g/mol. The zero-order chi connectivity index (χ0) is 15.4. The second-order valence-electron chi connectivity index (χ2n) is 6.01. The van der Waals surface area contributed by atoms with Crippen molar-refractivity contribution < 1.29 is 9.59 Å². The molecule has 2 atom stereocenters. The number of nitrogens with zero attached hydrogens (tertiary/aromatic N) is 3. The fourth-order valence-corrected chi connectivity index (χ4v) is 3.19. The van der Waals surface area contributed by atoms with Crippen LogP contribution in [-0.2, 0) is 4.79 Å². The fourth-order valence-electron chi connectivity index (χ4n) is 3.19. The lowest BCUT2D eigenvalue weighted by atomic mass is 9.96. The molecule has 21 heavy (non-hydrogen) atoms. The first-order chi connectivity index (χ1) is 10.1. The molecule has 0 aromatic carbocycles. The molecular weight excluding hydrogens is 268 g/mol. The Morgan fingerprint density at radius 2 is 1.62 bits per heavy atom. The van der Waals surface area contributed by atoms with Crippen LogP contribution in [0.25, 0.3) is 0 Å². The molecule has 3 amide bonds. The van der Waals surface area contributed by atoms with Crippen molar-refractivity contribution in [1.82, 2.24) is 20.0 Å². The Kier molecular flexibility index (Phi) is 5.45. The van der Waals surface area contributed by atoms with Gasteiger partial charge in [0.25, 0.3) is 0 Å². The van der Waals surface area contributed by atoms with Gasteiger partial charge in [-0.2, -0.15) is 0 Å². The molecule has 0 spiro atoms. The van der Waals surface area contributed by atoms with E-state index in [9.17, 15) is 9.59 Å². The average Bonchev–Trinajstić information content (AvgIpc) is 2.94. The number of carbonyl (C=O) groups excluding carboxylic acids is 2. The molecule has 6 nitrogen and oxygen atoms in total. The molecule has 2 aliphatic rings. The summed E-state index contributed by atoms with van der Waals surface area (Å²) < 4.78 is 0. The first-order valence-corrected chi connectivity index (χ1v) is 8.11. The number of amides is 3. The largest absolute Gasteiger partial charge is 0.339 e. The Labute approximate surface area is 127 Å². The molecule has 2 aliphatic heterocycles. The number of piperazine rings is 1. The molecule has 0 aromatic rings. The zero-order valence-electron chi connectivity index (χ0n) is 13.5. The number of hydrogen-bond acceptors (Lipinski definition) is 3. The van der Waals surface area contributed by atoms with E-state index in [1.807, 2.05) is 28.5 Å². The molecule has 2 unspecified atom stereocenters. The molecule has 2 saturated heterocycles. The van der Waals surface area contributed by atoms with Gasteiger partial charge in [-0.3, -0.25) is 4.79 Å². The van der Waals surface area contributed by atoms with Gasteiger partial charge in [-0.1, -0.05) is 6.92 Å². The summed E-state index contributed by atoms with van der Waals surface area (Å²) >= 11 is 0. The SMILES string of the molecule is CCN(CC)C(=O)N1CCN(C(=O)C2CNCC2C)CC1. The summed E-state index contributed by atoms with van der Waals surface area (Å²) in [7, 11) is 0. The highest BCUT2D eigenvalue weighted by molar-refractivity contribution is 5.80. The average molecular weight is 296 g/mol. The second kappa shape index (κ2) is 7.11. The molecule has 0 aliphatic carbocycles. The van der Waals surface area contributed by atoms with Crippen LogP contribution in [0.5, 0.6) is 0 Å². The summed E-state index contributed by atoms with van der Waals surface area (Å²) in [6, 6.07) is 0.100. The minimum absolute atomic E-state index is 0.100. The molecule has 2 rings (SSSR count). The first-order valence-electron chi connectivity index (χ1n) is 8.11. The highest BCUT2D eigenvalue weighted by Crippen LogP contribution is 2.19. The molecule has 1 N–H and O–H groups in total. The summed E-state index contributed by atoms with van der Waals surface area (Å²) in [5, 5.41) is 3.28. The van der Waals surface area contributed by atoms with E-state index in [4.69, 9.17) is 0 Å². The van der Waals surface area contributed by atoms with E-state index in [0.717, 1.165) is 26.2 Å². The topological polar surface area (TPSA) is 55.9 Å². The number of hydrogen-bond donors (Lipinski definition) is 1. The van der Waals surface area contributed by atoms with Gasteiger partial charge >= 0.3 is 6.03 Å². The molecule has 120 valence electrons. The molecule has 0 aromatic heterocycles. The van der Waals surface area contributed by atoms with Crippen LogP contribution in [0.15, 0.2) is 0 Å². The van der Waals surface area contributed by atoms with E-state index < -0.39 is 0 Å². The smallest absolute Gasteiger partial charge is 0.320 e. The molecule has 6 heteroatoms. The van der Waals surface area contributed by atoms with Crippen molar-refractivity contribution in [2.45, 2.75) is 20.8 Å². The van der Waals surface area contributed by atoms with E-state index in [2.05, 4.69) is 12.2 Å². The lowest BCUT2D eigenvalue weighted by Gasteiger charge is -2.38. The molecular formula is C15H28N4O2. The zero-order valence-corrected chi connectivity index (χ0v) is 13.5. The maximum absolute atomic E-state index is 12.5. The molecule has 0 bridgehead atoms. The van der Waals surface area contributed by atoms with Gasteiger partial charge in [-0.15, -0.1) is 0 Å². The summed E-state index contributed by atoms with van der Waals surface area (Å²) in [6.45, 7) is 11.9. The summed E-state index contributed by atoms with van der Waals surface area (Å²) in [4.78, 5) is 30.4. The van der Waals surface area contributed by atoms with Crippen LogP contribution in [0.2, 0.25) is 0 Å². The van der Waals surface area contributed by atoms with Crippen LogP contribution in [0.1, 0.15) is 20.8 Å². The highest BCUT2D eigenvalue weighted by atomic mass is 16.2. The molecule has 2 heterocycles. The Morgan fingerprint density at radius 3 is 2.10 bits per heavy atom. The predicted molar refractivity (Wildman–Crippen MR) is 82.0 cm³/mol. The minimum atomic E-state index is 0.100. The van der Waals surface area contributed by atoms with Gasteiger partial charge in [0.2, 0.25) is 5.91 Å². The van der Waals surface area contributed by atoms with Crippen LogP contribution in [-0.4, -0.2) is 79.0 Å². The standard InChI is InChI=1S/C15H28N4O2/c1-4-17(5-2)15(21)19-8-6-18(7-9-19)14(20)13-11-16-10-12(13)3/h12-13,16H,4-11H2,1-3H3. The van der Waals surface area contributed by atoms with E-state index in [1.54, 1.807) is 0 Å². The summed E-state index contributed by atoms with van der Waals surface area (Å²) in [5.74, 6) is 0.769. The van der Waals surface area contributed by atoms with Crippen molar-refractivity contribution in [3.63, 3.8) is 0 Å². The van der Waals surface area contributed by atoms with Crippen molar-refractivity contribution in [3.05, 3.63) is 0 Å². The van der Waals surface area contributed by atoms with Crippen molar-refractivity contribution in [2.75, 3.05) is 52.4 Å². The highest BCUT2D eigenvalue weighted by Gasteiger charge is 2.34. The van der Waals surface area contributed by atoms with Crippen LogP contribution in [0.4, 0.5) is 4.79 Å². The Hall–Kier alpha value is -1.30. The Bertz CT molecular complexity index is 376. The fraction of sp³-hybridized carbons (Fsp3) is 0.867. The van der Waals surface area contributed by atoms with Crippen molar-refractivity contribution in [3.8, 4) is 0 Å². The molecule has 0 radical (unpaired) electrons. The third-order valence-corrected chi connectivity index (χ3v) is 4.73. The van der Waals surface area contributed by atoms with Gasteiger partial charge < -0.3 is 20.0 Å². The van der Waals surface area contributed by atoms with Crippen LogP contribution in [0.3, 0.4) is 0 Å². The van der Waals surface area contributed by atoms with Gasteiger partial charge in [0.15, 0.2) is 0 Å². The quantitative estimate of drug-likeness (QED) is 0.822.